The fourth-order valence-corrected chi connectivity index (χ4v) is 6.87. The molecule has 1 aromatic heterocycles. The molecule has 2 saturated heterocycles. The number of rotatable bonds is 9. The molecule has 1 atom stereocenters. The van der Waals surface area contributed by atoms with E-state index in [2.05, 4.69) is 93.1 Å². The molecule has 2 bridgehead atoms. The molecule has 3 aromatic rings. The highest BCUT2D eigenvalue weighted by Gasteiger charge is 2.47. The molecule has 198 valence electrons. The Morgan fingerprint density at radius 1 is 1.05 bits per heavy atom. The van der Waals surface area contributed by atoms with Crippen LogP contribution < -0.4 is 5.32 Å². The Kier molecular flexibility index (Phi) is 7.24. The number of aryl methyl sites for hydroxylation is 2. The van der Waals surface area contributed by atoms with Crippen LogP contribution in [-0.2, 0) is 10.2 Å². The zero-order valence-corrected chi connectivity index (χ0v) is 23.7. The summed E-state index contributed by atoms with van der Waals surface area (Å²) < 4.78 is 0. The fourth-order valence-electron chi connectivity index (χ4n) is 6.87. The lowest BCUT2D eigenvalue weighted by atomic mass is 9.81. The lowest BCUT2D eigenvalue weighted by Gasteiger charge is -2.33. The van der Waals surface area contributed by atoms with Crippen molar-refractivity contribution >= 4 is 16.8 Å². The van der Waals surface area contributed by atoms with Crippen LogP contribution in [0.4, 0.5) is 0 Å². The molecule has 2 aliphatic heterocycles. The lowest BCUT2D eigenvalue weighted by Crippen LogP contribution is -2.45. The van der Waals surface area contributed by atoms with E-state index in [0.717, 1.165) is 24.2 Å². The Hall–Kier alpha value is -2.59. The van der Waals surface area contributed by atoms with Gasteiger partial charge in [-0.15, -0.1) is 0 Å². The van der Waals surface area contributed by atoms with Gasteiger partial charge in [-0.1, -0.05) is 43.5 Å². The molecule has 0 radical (unpaired) electrons. The van der Waals surface area contributed by atoms with Gasteiger partial charge in [0.25, 0.3) is 0 Å². The van der Waals surface area contributed by atoms with E-state index in [1.165, 1.54) is 71.9 Å². The van der Waals surface area contributed by atoms with Gasteiger partial charge in [0.15, 0.2) is 0 Å². The van der Waals surface area contributed by atoms with E-state index < -0.39 is 5.41 Å². The fraction of sp³-hybridized carbons (Fsp3) is 0.545. The van der Waals surface area contributed by atoms with Crippen molar-refractivity contribution in [1.82, 2.24) is 15.2 Å². The topological polar surface area (TPSA) is 48.1 Å². The Bertz CT molecular complexity index is 1250. The van der Waals surface area contributed by atoms with Crippen LogP contribution in [0.25, 0.3) is 22.2 Å². The van der Waals surface area contributed by atoms with Crippen LogP contribution >= 0.6 is 0 Å². The van der Waals surface area contributed by atoms with Crippen LogP contribution in [0.2, 0.25) is 0 Å². The molecule has 0 aliphatic carbocycles. The van der Waals surface area contributed by atoms with Crippen molar-refractivity contribution in [2.45, 2.75) is 103 Å². The third kappa shape index (κ3) is 4.85. The molecule has 37 heavy (non-hydrogen) atoms. The normalized spacial score (nSPS) is 20.2. The molecule has 2 aromatic carbocycles. The predicted molar refractivity (Wildman–Crippen MR) is 155 cm³/mol. The van der Waals surface area contributed by atoms with Crippen molar-refractivity contribution < 1.29 is 4.79 Å². The quantitative estimate of drug-likeness (QED) is 0.302. The average molecular weight is 500 g/mol. The number of hydrogen-bond donors (Lipinski definition) is 2. The van der Waals surface area contributed by atoms with Gasteiger partial charge in [0.2, 0.25) is 5.91 Å². The van der Waals surface area contributed by atoms with Gasteiger partial charge in [0.1, 0.15) is 0 Å². The molecule has 0 saturated carbocycles. The standard InChI is InChI=1S/C33H45N3O/c1-7-8-15-34-20-23(4)30-28-19-25(33(5,6)32(37)36-26-10-11-27(36)13-12-26)9-14-29(28)35-31(30)24-17-21(2)16-22(3)18-24/h9,14,16-19,23,26-27,34-35H,7-8,10-13,15,20H2,1-6H3/t23-,26?,27?/m1/s1. The first-order valence-electron chi connectivity index (χ1n) is 14.5. The minimum Gasteiger partial charge on any atom is -0.354 e. The van der Waals surface area contributed by atoms with Crippen molar-refractivity contribution in [2.75, 3.05) is 13.1 Å². The highest BCUT2D eigenvalue weighted by atomic mass is 16.2. The number of unbranched alkanes of at least 4 members (excludes halogenated alkanes) is 1. The summed E-state index contributed by atoms with van der Waals surface area (Å²) in [4.78, 5) is 19.9. The van der Waals surface area contributed by atoms with E-state index in [-0.39, 0.29) is 0 Å². The largest absolute Gasteiger partial charge is 0.354 e. The number of amides is 1. The van der Waals surface area contributed by atoms with E-state index in [9.17, 15) is 4.79 Å². The van der Waals surface area contributed by atoms with E-state index >= 15 is 0 Å². The molecule has 4 nitrogen and oxygen atoms in total. The second-order valence-electron chi connectivity index (χ2n) is 12.3. The number of carbonyl (C=O) groups excluding carboxylic acids is 1. The van der Waals surface area contributed by atoms with Gasteiger partial charge >= 0.3 is 0 Å². The summed E-state index contributed by atoms with van der Waals surface area (Å²) >= 11 is 0. The third-order valence-corrected chi connectivity index (χ3v) is 8.94. The maximum absolute atomic E-state index is 13.9. The molecule has 4 heteroatoms. The summed E-state index contributed by atoms with van der Waals surface area (Å²) in [5.74, 6) is 0.641. The number of nitrogens with one attached hydrogen (secondary N) is 2. The minimum atomic E-state index is -0.545. The predicted octanol–water partition coefficient (Wildman–Crippen LogP) is 7.38. The zero-order chi connectivity index (χ0) is 26.3. The van der Waals surface area contributed by atoms with Gasteiger partial charge in [0.05, 0.1) is 11.1 Å². The molecule has 2 fully saturated rings. The van der Waals surface area contributed by atoms with Crippen LogP contribution in [0.3, 0.4) is 0 Å². The number of aromatic nitrogens is 1. The van der Waals surface area contributed by atoms with Gasteiger partial charge in [-0.3, -0.25) is 4.79 Å². The minimum absolute atomic E-state index is 0.303. The number of fused-ring (bicyclic) bond motifs is 3. The number of benzene rings is 2. The van der Waals surface area contributed by atoms with Crippen molar-refractivity contribution in [1.29, 1.82) is 0 Å². The zero-order valence-electron chi connectivity index (χ0n) is 23.7. The molecule has 2 N–H and O–H groups in total. The summed E-state index contributed by atoms with van der Waals surface area (Å²) in [5.41, 5.74) is 8.10. The smallest absolute Gasteiger partial charge is 0.233 e. The molecule has 3 heterocycles. The highest BCUT2D eigenvalue weighted by molar-refractivity contribution is 5.95. The Balaban J connectivity index is 1.56. The van der Waals surface area contributed by atoms with Crippen LogP contribution in [0.1, 0.15) is 94.4 Å². The van der Waals surface area contributed by atoms with Crippen molar-refractivity contribution in [3.05, 3.63) is 58.7 Å². The summed E-state index contributed by atoms with van der Waals surface area (Å²) in [7, 11) is 0. The maximum atomic E-state index is 13.9. The van der Waals surface area contributed by atoms with Gasteiger partial charge in [-0.25, -0.2) is 0 Å². The SMILES string of the molecule is CCCCNC[C@@H](C)c1c(-c2cc(C)cc(C)c2)[nH]c2ccc(C(C)(C)C(=O)N3C4CCC3CC4)cc12. The van der Waals surface area contributed by atoms with Crippen molar-refractivity contribution in [3.63, 3.8) is 0 Å². The first kappa shape index (κ1) is 26.0. The average Bonchev–Trinajstić information content (AvgIpc) is 3.57. The van der Waals surface area contributed by atoms with Crippen molar-refractivity contribution in [3.8, 4) is 11.3 Å². The summed E-state index contributed by atoms with van der Waals surface area (Å²) in [6.45, 7) is 15.2. The number of carbonyl (C=O) groups is 1. The molecule has 1 amide bonds. The van der Waals surface area contributed by atoms with Gasteiger partial charge < -0.3 is 15.2 Å². The van der Waals surface area contributed by atoms with Crippen molar-refractivity contribution in [2.24, 2.45) is 0 Å². The Labute approximate surface area is 223 Å². The molecule has 0 unspecified atom stereocenters. The second-order valence-corrected chi connectivity index (χ2v) is 12.3. The van der Waals surface area contributed by atoms with Gasteiger partial charge in [-0.05, 0) is 113 Å². The highest BCUT2D eigenvalue weighted by Crippen LogP contribution is 2.42. The molecule has 0 spiro atoms. The number of H-pyrrole nitrogens is 1. The van der Waals surface area contributed by atoms with E-state index in [4.69, 9.17) is 0 Å². The van der Waals surface area contributed by atoms with E-state index in [1.54, 1.807) is 0 Å². The molecular weight excluding hydrogens is 454 g/mol. The van der Waals surface area contributed by atoms with Crippen LogP contribution in [0.15, 0.2) is 36.4 Å². The van der Waals surface area contributed by atoms with Crippen LogP contribution in [-0.4, -0.2) is 41.0 Å². The number of aromatic amines is 1. The Morgan fingerprint density at radius 3 is 2.32 bits per heavy atom. The molecule has 5 rings (SSSR count). The molecule has 2 aliphatic rings. The lowest BCUT2D eigenvalue weighted by molar-refractivity contribution is -0.137. The third-order valence-electron chi connectivity index (χ3n) is 8.94. The van der Waals surface area contributed by atoms with E-state index in [1.807, 2.05) is 0 Å². The summed E-state index contributed by atoms with van der Waals surface area (Å²) in [6, 6.07) is 14.4. The Morgan fingerprint density at radius 2 is 1.70 bits per heavy atom. The monoisotopic (exact) mass is 499 g/mol. The number of nitrogens with zero attached hydrogens (tertiary/aromatic N) is 1. The summed E-state index contributed by atoms with van der Waals surface area (Å²) in [5, 5.41) is 4.93. The number of hydrogen-bond acceptors (Lipinski definition) is 2. The van der Waals surface area contributed by atoms with E-state index in [0.29, 0.717) is 23.9 Å². The van der Waals surface area contributed by atoms with Gasteiger partial charge in [0, 0.05) is 29.5 Å². The molecular formula is C33H45N3O. The van der Waals surface area contributed by atoms with Gasteiger partial charge in [-0.2, -0.15) is 0 Å². The second kappa shape index (κ2) is 10.3. The van der Waals surface area contributed by atoms with Crippen LogP contribution in [0.5, 0.6) is 0 Å². The maximum Gasteiger partial charge on any atom is 0.233 e. The summed E-state index contributed by atoms with van der Waals surface area (Å²) in [6.07, 6.45) is 7.10. The first-order chi connectivity index (χ1) is 17.7. The first-order valence-corrected chi connectivity index (χ1v) is 14.5. The van der Waals surface area contributed by atoms with Crippen LogP contribution in [0, 0.1) is 13.8 Å².